The molecule has 0 saturated carbocycles. The van der Waals surface area contributed by atoms with Crippen molar-refractivity contribution in [3.8, 4) is 11.5 Å². The van der Waals surface area contributed by atoms with Crippen molar-refractivity contribution < 1.29 is 23.8 Å². The summed E-state index contributed by atoms with van der Waals surface area (Å²) in [6.07, 6.45) is -0.223. The van der Waals surface area contributed by atoms with Crippen molar-refractivity contribution in [2.45, 2.75) is 32.9 Å². The summed E-state index contributed by atoms with van der Waals surface area (Å²) in [5, 5.41) is 3.10. The fourth-order valence-corrected chi connectivity index (χ4v) is 2.51. The zero-order chi connectivity index (χ0) is 15.9. The number of rotatable bonds is 3. The van der Waals surface area contributed by atoms with Gasteiger partial charge in [-0.25, -0.2) is 0 Å². The first-order valence-corrected chi connectivity index (χ1v) is 7.16. The van der Waals surface area contributed by atoms with E-state index in [4.69, 9.17) is 14.2 Å². The number of carbonyl (C=O) groups is 2. The van der Waals surface area contributed by atoms with Crippen molar-refractivity contribution in [2.24, 2.45) is 0 Å². The van der Waals surface area contributed by atoms with Gasteiger partial charge >= 0.3 is 5.97 Å². The maximum Gasteiger partial charge on any atom is 0.326 e. The minimum absolute atomic E-state index is 0.129. The van der Waals surface area contributed by atoms with Crippen LogP contribution in [-0.4, -0.2) is 37.4 Å². The van der Waals surface area contributed by atoms with Gasteiger partial charge in [-0.3, -0.25) is 14.5 Å². The van der Waals surface area contributed by atoms with Gasteiger partial charge < -0.3 is 19.5 Å². The van der Waals surface area contributed by atoms with Crippen molar-refractivity contribution in [1.29, 1.82) is 0 Å². The van der Waals surface area contributed by atoms with Crippen LogP contribution in [0.4, 0.5) is 11.4 Å². The second kappa shape index (κ2) is 5.40. The third-order valence-corrected chi connectivity index (χ3v) is 3.44. The minimum Gasteiger partial charge on any atom is -0.462 e. The molecule has 0 aromatic heterocycles. The summed E-state index contributed by atoms with van der Waals surface area (Å²) in [6, 6.07) is 3.05. The topological polar surface area (TPSA) is 77.1 Å². The van der Waals surface area contributed by atoms with E-state index in [9.17, 15) is 9.59 Å². The minimum atomic E-state index is -0.443. The van der Waals surface area contributed by atoms with Crippen LogP contribution in [0.3, 0.4) is 0 Å². The number of esters is 1. The highest BCUT2D eigenvalue weighted by Crippen LogP contribution is 2.43. The monoisotopic (exact) mass is 306 g/mol. The lowest BCUT2D eigenvalue weighted by Gasteiger charge is -2.33. The summed E-state index contributed by atoms with van der Waals surface area (Å²) < 4.78 is 15.8. The largest absolute Gasteiger partial charge is 0.462 e. The number of ether oxygens (including phenoxy) is 3. The molecule has 1 amide bonds. The van der Waals surface area contributed by atoms with E-state index in [2.05, 4.69) is 5.32 Å². The van der Waals surface area contributed by atoms with Gasteiger partial charge in [0.1, 0.15) is 12.6 Å². The van der Waals surface area contributed by atoms with E-state index in [0.29, 0.717) is 17.2 Å². The summed E-state index contributed by atoms with van der Waals surface area (Å²) in [4.78, 5) is 25.7. The molecule has 0 radical (unpaired) electrons. The molecular weight excluding hydrogens is 288 g/mol. The average Bonchev–Trinajstić information content (AvgIpc) is 2.88. The second-order valence-corrected chi connectivity index (χ2v) is 5.55. The Bertz CT molecular complexity index is 629. The normalized spacial score (nSPS) is 19.0. The first-order chi connectivity index (χ1) is 10.5. The van der Waals surface area contributed by atoms with Gasteiger partial charge in [-0.05, 0) is 20.8 Å². The van der Waals surface area contributed by atoms with Crippen LogP contribution < -0.4 is 19.7 Å². The zero-order valence-electron chi connectivity index (χ0n) is 12.7. The number of carbonyl (C=O) groups excluding carboxylic acids is 2. The van der Waals surface area contributed by atoms with E-state index in [-0.39, 0.29) is 25.3 Å². The summed E-state index contributed by atoms with van der Waals surface area (Å²) in [5.74, 6) is 0.552. The van der Waals surface area contributed by atoms with E-state index in [1.807, 2.05) is 0 Å². The summed E-state index contributed by atoms with van der Waals surface area (Å²) in [5.41, 5.74) is 1.32. The van der Waals surface area contributed by atoms with E-state index < -0.39 is 12.0 Å². The number of nitrogens with one attached hydrogen (secondary N) is 1. The Morgan fingerprint density at radius 1 is 1.41 bits per heavy atom. The maximum absolute atomic E-state index is 12.4. The predicted octanol–water partition coefficient (Wildman–Crippen LogP) is 1.51. The molecule has 7 heteroatoms. The Morgan fingerprint density at radius 3 is 2.77 bits per heavy atom. The van der Waals surface area contributed by atoms with E-state index in [1.54, 1.807) is 32.9 Å². The highest BCUT2D eigenvalue weighted by Gasteiger charge is 2.33. The summed E-state index contributed by atoms with van der Waals surface area (Å²) >= 11 is 0. The number of benzene rings is 1. The smallest absolute Gasteiger partial charge is 0.326 e. The molecule has 22 heavy (non-hydrogen) atoms. The molecule has 1 N–H and O–H groups in total. The predicted molar refractivity (Wildman–Crippen MR) is 79.2 cm³/mol. The molecule has 0 bridgehead atoms. The number of amides is 1. The van der Waals surface area contributed by atoms with Gasteiger partial charge in [-0.1, -0.05) is 0 Å². The highest BCUT2D eigenvalue weighted by molar-refractivity contribution is 6.07. The van der Waals surface area contributed by atoms with Crippen molar-refractivity contribution in [3.05, 3.63) is 12.1 Å². The maximum atomic E-state index is 12.4. The number of hydrogen-bond donors (Lipinski definition) is 1. The van der Waals surface area contributed by atoms with Gasteiger partial charge in [-0.2, -0.15) is 0 Å². The van der Waals surface area contributed by atoms with Crippen LogP contribution in [0.1, 0.15) is 20.8 Å². The van der Waals surface area contributed by atoms with Crippen LogP contribution in [0.15, 0.2) is 12.1 Å². The molecule has 2 aliphatic heterocycles. The molecule has 0 aliphatic carbocycles. The van der Waals surface area contributed by atoms with Crippen molar-refractivity contribution in [1.82, 2.24) is 0 Å². The molecule has 1 unspecified atom stereocenters. The van der Waals surface area contributed by atoms with Gasteiger partial charge in [0.2, 0.25) is 12.7 Å². The molecule has 0 saturated heterocycles. The lowest BCUT2D eigenvalue weighted by molar-refractivity contribution is -0.146. The quantitative estimate of drug-likeness (QED) is 0.853. The Morgan fingerprint density at radius 2 is 2.09 bits per heavy atom. The van der Waals surface area contributed by atoms with Gasteiger partial charge in [0, 0.05) is 12.1 Å². The summed E-state index contributed by atoms with van der Waals surface area (Å²) in [7, 11) is 0. The molecular formula is C15H18N2O5. The van der Waals surface area contributed by atoms with Crippen LogP contribution >= 0.6 is 0 Å². The molecule has 1 aromatic rings. The van der Waals surface area contributed by atoms with Gasteiger partial charge in [0.05, 0.1) is 17.5 Å². The van der Waals surface area contributed by atoms with Gasteiger partial charge in [0.25, 0.3) is 0 Å². The van der Waals surface area contributed by atoms with Crippen molar-refractivity contribution in [3.63, 3.8) is 0 Å². The lowest BCUT2D eigenvalue weighted by atomic mass is 10.1. The standard InChI is InChI=1S/C15H18N2O5/c1-8(2)22-14(18)6-17-11-5-13-12(20-7-21-13)4-10(11)16-9(3)15(17)19/h4-5,8-9,16H,6-7H2,1-3H3. The third-order valence-electron chi connectivity index (χ3n) is 3.44. The summed E-state index contributed by atoms with van der Waals surface area (Å²) in [6.45, 7) is 5.31. The Balaban J connectivity index is 1.92. The number of nitrogens with zero attached hydrogens (tertiary/aromatic N) is 1. The lowest BCUT2D eigenvalue weighted by Crippen LogP contribution is -2.48. The third kappa shape index (κ3) is 2.54. The zero-order valence-corrected chi connectivity index (χ0v) is 12.7. The molecule has 7 nitrogen and oxygen atoms in total. The van der Waals surface area contributed by atoms with Gasteiger partial charge in [-0.15, -0.1) is 0 Å². The average molecular weight is 306 g/mol. The van der Waals surface area contributed by atoms with Crippen molar-refractivity contribution in [2.75, 3.05) is 23.6 Å². The molecule has 118 valence electrons. The van der Waals surface area contributed by atoms with E-state index in [1.165, 1.54) is 4.90 Å². The number of fused-ring (bicyclic) bond motifs is 2. The molecule has 0 spiro atoms. The first kappa shape index (κ1) is 14.5. The number of anilines is 2. The van der Waals surface area contributed by atoms with Gasteiger partial charge in [0.15, 0.2) is 11.5 Å². The molecule has 1 aromatic carbocycles. The fourth-order valence-electron chi connectivity index (χ4n) is 2.51. The first-order valence-electron chi connectivity index (χ1n) is 7.16. The second-order valence-electron chi connectivity index (χ2n) is 5.55. The Hall–Kier alpha value is -2.44. The van der Waals surface area contributed by atoms with E-state index >= 15 is 0 Å². The Kier molecular flexibility index (Phi) is 3.56. The molecule has 1 atom stereocenters. The molecule has 2 aliphatic rings. The SMILES string of the molecule is CC(C)OC(=O)CN1C(=O)C(C)Nc2cc3c(cc21)OCO3. The van der Waals surface area contributed by atoms with Crippen LogP contribution in [0.2, 0.25) is 0 Å². The molecule has 0 fully saturated rings. The van der Waals surface area contributed by atoms with Crippen LogP contribution in [0.5, 0.6) is 11.5 Å². The molecule has 3 rings (SSSR count). The fraction of sp³-hybridized carbons (Fsp3) is 0.467. The Labute approximate surface area is 128 Å². The molecule has 2 heterocycles. The number of hydrogen-bond acceptors (Lipinski definition) is 6. The van der Waals surface area contributed by atoms with Crippen LogP contribution in [0, 0.1) is 0 Å². The van der Waals surface area contributed by atoms with Crippen LogP contribution in [0.25, 0.3) is 0 Å². The van der Waals surface area contributed by atoms with Crippen LogP contribution in [-0.2, 0) is 14.3 Å². The van der Waals surface area contributed by atoms with Crippen molar-refractivity contribution >= 4 is 23.3 Å². The van der Waals surface area contributed by atoms with E-state index in [0.717, 1.165) is 5.69 Å². The highest BCUT2D eigenvalue weighted by atomic mass is 16.7.